The molecule has 0 aromatic carbocycles. The summed E-state index contributed by atoms with van der Waals surface area (Å²) in [5, 5.41) is 6.67. The molecule has 0 saturated carbocycles. The maximum absolute atomic E-state index is 5.61. The van der Waals surface area contributed by atoms with Crippen molar-refractivity contribution in [1.82, 2.24) is 15.2 Å². The van der Waals surface area contributed by atoms with Crippen LogP contribution in [0.25, 0.3) is 0 Å². The van der Waals surface area contributed by atoms with Gasteiger partial charge in [0.15, 0.2) is 0 Å². The minimum atomic E-state index is 0.0832. The first-order valence-corrected chi connectivity index (χ1v) is 4.41. The zero-order chi connectivity index (χ0) is 9.84. The predicted molar refractivity (Wildman–Crippen MR) is 49.5 cm³/mol. The Kier molecular flexibility index (Phi) is 3.25. The van der Waals surface area contributed by atoms with Crippen molar-refractivity contribution in [2.24, 2.45) is 5.73 Å². The second kappa shape index (κ2) is 4.23. The molecule has 0 aliphatic carbocycles. The second-order valence-corrected chi connectivity index (χ2v) is 3.41. The van der Waals surface area contributed by atoms with Gasteiger partial charge in [0.05, 0.1) is 6.10 Å². The molecule has 13 heavy (non-hydrogen) atoms. The van der Waals surface area contributed by atoms with Crippen molar-refractivity contribution in [3.63, 3.8) is 0 Å². The highest BCUT2D eigenvalue weighted by Gasteiger charge is 2.06. The standard InChI is InChI=1S/C8H16N4O/c1-5(2)13-8-10-7(11-12-8)4-6(3)9/h5-6H,4,9H2,1-3H3,(H,10,11,12). The fraction of sp³-hybridized carbons (Fsp3) is 0.750. The normalized spacial score (nSPS) is 13.3. The lowest BCUT2D eigenvalue weighted by atomic mass is 10.2. The van der Waals surface area contributed by atoms with Crippen LogP contribution in [0.3, 0.4) is 0 Å². The molecule has 0 fully saturated rings. The summed E-state index contributed by atoms with van der Waals surface area (Å²) >= 11 is 0. The van der Waals surface area contributed by atoms with E-state index in [4.69, 9.17) is 10.5 Å². The number of nitrogens with zero attached hydrogens (tertiary/aromatic N) is 2. The molecule has 3 N–H and O–H groups in total. The fourth-order valence-corrected chi connectivity index (χ4v) is 0.938. The summed E-state index contributed by atoms with van der Waals surface area (Å²) in [6.07, 6.45) is 0.785. The molecule has 1 aromatic heterocycles. The van der Waals surface area contributed by atoms with Crippen LogP contribution in [-0.2, 0) is 6.42 Å². The fourth-order valence-electron chi connectivity index (χ4n) is 0.938. The van der Waals surface area contributed by atoms with Crippen molar-refractivity contribution >= 4 is 0 Å². The number of hydrogen-bond acceptors (Lipinski definition) is 4. The van der Waals surface area contributed by atoms with Crippen molar-refractivity contribution in [2.45, 2.75) is 39.3 Å². The minimum Gasteiger partial charge on any atom is -0.460 e. The van der Waals surface area contributed by atoms with Crippen molar-refractivity contribution in [2.75, 3.05) is 0 Å². The van der Waals surface area contributed by atoms with Crippen LogP contribution in [0.2, 0.25) is 0 Å². The van der Waals surface area contributed by atoms with Crippen LogP contribution >= 0.6 is 0 Å². The van der Waals surface area contributed by atoms with Gasteiger partial charge in [-0.2, -0.15) is 4.98 Å². The lowest BCUT2D eigenvalue weighted by molar-refractivity contribution is 0.223. The summed E-state index contributed by atoms with van der Waals surface area (Å²) in [5.74, 6) is 0.769. The molecule has 74 valence electrons. The number of rotatable bonds is 4. The quantitative estimate of drug-likeness (QED) is 0.713. The van der Waals surface area contributed by atoms with E-state index in [1.54, 1.807) is 0 Å². The van der Waals surface area contributed by atoms with Gasteiger partial charge in [-0.05, 0) is 20.8 Å². The molecule has 1 rings (SSSR count). The van der Waals surface area contributed by atoms with Crippen molar-refractivity contribution in [1.29, 1.82) is 0 Å². The zero-order valence-electron chi connectivity index (χ0n) is 8.24. The van der Waals surface area contributed by atoms with Gasteiger partial charge in [-0.1, -0.05) is 0 Å². The summed E-state index contributed by atoms with van der Waals surface area (Å²) in [6, 6.07) is 0.477. The van der Waals surface area contributed by atoms with Crippen LogP contribution in [0.5, 0.6) is 6.01 Å². The topological polar surface area (TPSA) is 76.8 Å². The summed E-state index contributed by atoms with van der Waals surface area (Å²) in [5.41, 5.74) is 5.61. The molecule has 5 heteroatoms. The molecule has 1 atom stereocenters. The van der Waals surface area contributed by atoms with Gasteiger partial charge in [0.25, 0.3) is 0 Å². The Bertz CT molecular complexity index is 232. The Balaban J connectivity index is 2.53. The van der Waals surface area contributed by atoms with Gasteiger partial charge in [-0.25, -0.2) is 0 Å². The Morgan fingerprint density at radius 1 is 1.46 bits per heavy atom. The minimum absolute atomic E-state index is 0.0832. The van der Waals surface area contributed by atoms with E-state index in [0.29, 0.717) is 12.4 Å². The summed E-state index contributed by atoms with van der Waals surface area (Å²) in [4.78, 5) is 4.12. The van der Waals surface area contributed by atoms with E-state index in [1.807, 2.05) is 20.8 Å². The molecule has 5 nitrogen and oxygen atoms in total. The smallest absolute Gasteiger partial charge is 0.335 e. The summed E-state index contributed by atoms with van der Waals surface area (Å²) < 4.78 is 5.28. The van der Waals surface area contributed by atoms with Gasteiger partial charge in [0, 0.05) is 12.5 Å². The largest absolute Gasteiger partial charge is 0.460 e. The molecule has 1 heterocycles. The number of nitrogens with one attached hydrogen (secondary N) is 1. The first-order valence-electron chi connectivity index (χ1n) is 4.41. The lowest BCUT2D eigenvalue weighted by Crippen LogP contribution is -2.18. The zero-order valence-corrected chi connectivity index (χ0v) is 8.24. The molecule has 0 aliphatic heterocycles. The van der Waals surface area contributed by atoms with Crippen LogP contribution in [-0.4, -0.2) is 27.3 Å². The highest BCUT2D eigenvalue weighted by Crippen LogP contribution is 2.05. The van der Waals surface area contributed by atoms with Crippen molar-refractivity contribution < 1.29 is 4.74 Å². The van der Waals surface area contributed by atoms with E-state index >= 15 is 0 Å². The molecule has 0 spiro atoms. The average molecular weight is 184 g/mol. The molecule has 1 aromatic rings. The lowest BCUT2D eigenvalue weighted by Gasteiger charge is -2.02. The summed E-state index contributed by atoms with van der Waals surface area (Å²) in [7, 11) is 0. The number of aromatic amines is 1. The maximum atomic E-state index is 5.61. The van der Waals surface area contributed by atoms with Crippen LogP contribution in [0.15, 0.2) is 0 Å². The number of nitrogens with two attached hydrogens (primary N) is 1. The molecular weight excluding hydrogens is 168 g/mol. The molecule has 0 saturated heterocycles. The molecular formula is C8H16N4O. The predicted octanol–water partition coefficient (Wildman–Crippen LogP) is 0.482. The van der Waals surface area contributed by atoms with Crippen LogP contribution < -0.4 is 10.5 Å². The van der Waals surface area contributed by atoms with E-state index in [1.165, 1.54) is 0 Å². The number of ether oxygens (including phenoxy) is 1. The van der Waals surface area contributed by atoms with Gasteiger partial charge in [-0.15, -0.1) is 5.10 Å². The Morgan fingerprint density at radius 2 is 2.15 bits per heavy atom. The van der Waals surface area contributed by atoms with Crippen LogP contribution in [0, 0.1) is 0 Å². The van der Waals surface area contributed by atoms with Crippen LogP contribution in [0.4, 0.5) is 0 Å². The molecule has 0 amide bonds. The second-order valence-electron chi connectivity index (χ2n) is 3.41. The SMILES string of the molecule is CC(N)Cc1nc(OC(C)C)n[nH]1. The molecule has 0 bridgehead atoms. The van der Waals surface area contributed by atoms with E-state index in [-0.39, 0.29) is 12.1 Å². The van der Waals surface area contributed by atoms with E-state index in [2.05, 4.69) is 15.2 Å². The van der Waals surface area contributed by atoms with E-state index < -0.39 is 0 Å². The Hall–Kier alpha value is -1.10. The highest BCUT2D eigenvalue weighted by molar-refractivity contribution is 4.96. The third-order valence-corrected chi connectivity index (χ3v) is 1.37. The average Bonchev–Trinajstić information content (AvgIpc) is 2.33. The van der Waals surface area contributed by atoms with Gasteiger partial charge < -0.3 is 10.5 Å². The van der Waals surface area contributed by atoms with Crippen molar-refractivity contribution in [3.8, 4) is 6.01 Å². The molecule has 0 radical (unpaired) electrons. The Morgan fingerprint density at radius 3 is 2.69 bits per heavy atom. The van der Waals surface area contributed by atoms with Crippen LogP contribution in [0.1, 0.15) is 26.6 Å². The van der Waals surface area contributed by atoms with E-state index in [0.717, 1.165) is 5.82 Å². The first kappa shape index (κ1) is 9.98. The van der Waals surface area contributed by atoms with E-state index in [9.17, 15) is 0 Å². The molecule has 0 aliphatic rings. The third kappa shape index (κ3) is 3.42. The first-order chi connectivity index (χ1) is 6.08. The number of H-pyrrole nitrogens is 1. The highest BCUT2D eigenvalue weighted by atomic mass is 16.5. The van der Waals surface area contributed by atoms with Gasteiger partial charge >= 0.3 is 6.01 Å². The van der Waals surface area contributed by atoms with Gasteiger partial charge in [0.2, 0.25) is 0 Å². The van der Waals surface area contributed by atoms with Gasteiger partial charge in [0.1, 0.15) is 5.82 Å². The Labute approximate surface area is 77.7 Å². The van der Waals surface area contributed by atoms with Crippen molar-refractivity contribution in [3.05, 3.63) is 5.82 Å². The molecule has 1 unspecified atom stereocenters. The number of hydrogen-bond donors (Lipinski definition) is 2. The maximum Gasteiger partial charge on any atom is 0.335 e. The third-order valence-electron chi connectivity index (χ3n) is 1.37. The number of aromatic nitrogens is 3. The monoisotopic (exact) mass is 184 g/mol. The van der Waals surface area contributed by atoms with Gasteiger partial charge in [-0.3, -0.25) is 5.10 Å². The summed E-state index contributed by atoms with van der Waals surface area (Å²) in [6.45, 7) is 5.79.